The number of benzene rings is 1. The molecule has 0 bridgehead atoms. The number of nitrogens with one attached hydrogen (secondary N) is 1. The SMILES string of the molecule is CC(CC(=O)Nc1cc(Cl)ccc1Br)C(C)(C)C. The molecule has 100 valence electrons. The van der Waals surface area contributed by atoms with Gasteiger partial charge in [0.2, 0.25) is 5.91 Å². The molecule has 1 atom stereocenters. The fourth-order valence-corrected chi connectivity index (χ4v) is 1.90. The monoisotopic (exact) mass is 331 g/mol. The lowest BCUT2D eigenvalue weighted by Gasteiger charge is -2.26. The smallest absolute Gasteiger partial charge is 0.224 e. The van der Waals surface area contributed by atoms with Crippen molar-refractivity contribution in [3.63, 3.8) is 0 Å². The molecule has 2 nitrogen and oxygen atoms in total. The van der Waals surface area contributed by atoms with Gasteiger partial charge < -0.3 is 5.32 Å². The summed E-state index contributed by atoms with van der Waals surface area (Å²) in [6.07, 6.45) is 0.502. The van der Waals surface area contributed by atoms with Gasteiger partial charge in [-0.15, -0.1) is 0 Å². The highest BCUT2D eigenvalue weighted by molar-refractivity contribution is 9.10. The van der Waals surface area contributed by atoms with Gasteiger partial charge >= 0.3 is 0 Å². The van der Waals surface area contributed by atoms with Crippen molar-refractivity contribution in [3.8, 4) is 0 Å². The highest BCUT2D eigenvalue weighted by Crippen LogP contribution is 2.30. The summed E-state index contributed by atoms with van der Waals surface area (Å²) in [5.41, 5.74) is 0.844. The van der Waals surface area contributed by atoms with Crippen LogP contribution in [0.25, 0.3) is 0 Å². The van der Waals surface area contributed by atoms with Gasteiger partial charge in [0.15, 0.2) is 0 Å². The number of halogens is 2. The van der Waals surface area contributed by atoms with Gasteiger partial charge in [-0.2, -0.15) is 0 Å². The molecule has 1 amide bonds. The van der Waals surface area contributed by atoms with E-state index in [1.807, 2.05) is 6.07 Å². The number of anilines is 1. The van der Waals surface area contributed by atoms with Crippen molar-refractivity contribution in [2.24, 2.45) is 11.3 Å². The Kier molecular flexibility index (Phi) is 5.23. The van der Waals surface area contributed by atoms with Crippen LogP contribution >= 0.6 is 27.5 Å². The van der Waals surface area contributed by atoms with Gasteiger partial charge in [-0.05, 0) is 45.5 Å². The van der Waals surface area contributed by atoms with E-state index in [-0.39, 0.29) is 11.3 Å². The van der Waals surface area contributed by atoms with Crippen LogP contribution in [0, 0.1) is 11.3 Å². The van der Waals surface area contributed by atoms with Gasteiger partial charge in [0, 0.05) is 15.9 Å². The molecular formula is C14H19BrClNO. The highest BCUT2D eigenvalue weighted by Gasteiger charge is 2.22. The molecule has 18 heavy (non-hydrogen) atoms. The summed E-state index contributed by atoms with van der Waals surface area (Å²) in [6, 6.07) is 5.34. The minimum absolute atomic E-state index is 0.0143. The van der Waals surface area contributed by atoms with Gasteiger partial charge in [0.1, 0.15) is 0 Å². The standard InChI is InChI=1S/C14H19BrClNO/c1-9(14(2,3)4)7-13(18)17-12-8-10(16)5-6-11(12)15/h5-6,8-9H,7H2,1-4H3,(H,17,18). The van der Waals surface area contributed by atoms with Crippen LogP contribution in [0.5, 0.6) is 0 Å². The third-order valence-corrected chi connectivity index (χ3v) is 4.10. The van der Waals surface area contributed by atoms with E-state index in [0.29, 0.717) is 23.0 Å². The van der Waals surface area contributed by atoms with E-state index in [1.165, 1.54) is 0 Å². The van der Waals surface area contributed by atoms with Crippen LogP contribution in [0.2, 0.25) is 5.02 Å². The normalized spacial score (nSPS) is 13.2. The molecule has 1 unspecified atom stereocenters. The minimum atomic E-state index is 0.0143. The molecule has 0 spiro atoms. The number of hydrogen-bond donors (Lipinski definition) is 1. The molecule has 1 N–H and O–H groups in total. The van der Waals surface area contributed by atoms with Crippen LogP contribution in [0.3, 0.4) is 0 Å². The predicted molar refractivity (Wildman–Crippen MR) is 81.0 cm³/mol. The maximum atomic E-state index is 12.0. The second-order valence-corrected chi connectivity index (χ2v) is 6.93. The summed E-state index contributed by atoms with van der Waals surface area (Å²) in [5, 5.41) is 3.49. The number of rotatable bonds is 3. The molecule has 1 aromatic carbocycles. The molecule has 4 heteroatoms. The van der Waals surface area contributed by atoms with Crippen LogP contribution in [-0.2, 0) is 4.79 Å². The number of carbonyl (C=O) groups excluding carboxylic acids is 1. The summed E-state index contributed by atoms with van der Waals surface area (Å²) >= 11 is 9.30. The van der Waals surface area contributed by atoms with Crippen LogP contribution < -0.4 is 5.32 Å². The lowest BCUT2D eigenvalue weighted by molar-refractivity contribution is -0.117. The topological polar surface area (TPSA) is 29.1 Å². The first kappa shape index (κ1) is 15.5. The quantitative estimate of drug-likeness (QED) is 0.818. The van der Waals surface area contributed by atoms with E-state index in [1.54, 1.807) is 12.1 Å². The number of amides is 1. The summed E-state index contributed by atoms with van der Waals surface area (Å²) in [7, 11) is 0. The third-order valence-electron chi connectivity index (χ3n) is 3.17. The van der Waals surface area contributed by atoms with Crippen molar-refractivity contribution in [3.05, 3.63) is 27.7 Å². The lowest BCUT2D eigenvalue weighted by atomic mass is 9.80. The zero-order chi connectivity index (χ0) is 13.9. The Balaban J connectivity index is 2.68. The molecule has 0 aliphatic rings. The zero-order valence-electron chi connectivity index (χ0n) is 11.2. The van der Waals surface area contributed by atoms with E-state index in [9.17, 15) is 4.79 Å². The Bertz CT molecular complexity index is 440. The Morgan fingerprint density at radius 2 is 2.06 bits per heavy atom. The van der Waals surface area contributed by atoms with Crippen LogP contribution in [0.1, 0.15) is 34.1 Å². The van der Waals surface area contributed by atoms with E-state index < -0.39 is 0 Å². The van der Waals surface area contributed by atoms with Gasteiger partial charge in [0.05, 0.1) is 5.69 Å². The summed E-state index contributed by atoms with van der Waals surface area (Å²) in [4.78, 5) is 12.0. The minimum Gasteiger partial charge on any atom is -0.325 e. The lowest BCUT2D eigenvalue weighted by Crippen LogP contribution is -2.24. The first-order valence-corrected chi connectivity index (χ1v) is 7.12. The summed E-state index contributed by atoms with van der Waals surface area (Å²) in [6.45, 7) is 8.51. The van der Waals surface area contributed by atoms with E-state index >= 15 is 0 Å². The molecule has 1 aromatic rings. The molecule has 1 rings (SSSR count). The van der Waals surface area contributed by atoms with Crippen molar-refractivity contribution in [1.29, 1.82) is 0 Å². The molecule has 0 saturated carbocycles. The van der Waals surface area contributed by atoms with Crippen molar-refractivity contribution in [1.82, 2.24) is 0 Å². The average Bonchev–Trinajstić information content (AvgIpc) is 2.22. The molecule has 0 fully saturated rings. The second kappa shape index (κ2) is 6.07. The Morgan fingerprint density at radius 3 is 2.61 bits per heavy atom. The van der Waals surface area contributed by atoms with Crippen LogP contribution in [0.4, 0.5) is 5.69 Å². The number of carbonyl (C=O) groups is 1. The maximum absolute atomic E-state index is 12.0. The van der Waals surface area contributed by atoms with Crippen molar-refractivity contribution in [2.45, 2.75) is 34.1 Å². The molecule has 0 heterocycles. The van der Waals surface area contributed by atoms with Gasteiger partial charge in [-0.3, -0.25) is 4.79 Å². The first-order valence-electron chi connectivity index (χ1n) is 5.95. The summed E-state index contributed by atoms with van der Waals surface area (Å²) < 4.78 is 0.837. The molecule has 0 saturated heterocycles. The Labute approximate surface area is 122 Å². The molecule has 0 aliphatic heterocycles. The fourth-order valence-electron chi connectivity index (χ4n) is 1.38. The molecular weight excluding hydrogens is 314 g/mol. The van der Waals surface area contributed by atoms with E-state index in [0.717, 1.165) is 4.47 Å². The van der Waals surface area contributed by atoms with E-state index in [4.69, 9.17) is 11.6 Å². The van der Waals surface area contributed by atoms with Crippen molar-refractivity contribution < 1.29 is 4.79 Å². The van der Waals surface area contributed by atoms with Crippen LogP contribution in [-0.4, -0.2) is 5.91 Å². The van der Waals surface area contributed by atoms with Crippen molar-refractivity contribution in [2.75, 3.05) is 5.32 Å². The van der Waals surface area contributed by atoms with Gasteiger partial charge in [-0.1, -0.05) is 39.3 Å². The fraction of sp³-hybridized carbons (Fsp3) is 0.500. The van der Waals surface area contributed by atoms with Crippen LogP contribution in [0.15, 0.2) is 22.7 Å². The van der Waals surface area contributed by atoms with Gasteiger partial charge in [-0.25, -0.2) is 0 Å². The maximum Gasteiger partial charge on any atom is 0.224 e. The second-order valence-electron chi connectivity index (χ2n) is 5.64. The number of hydrogen-bond acceptors (Lipinski definition) is 1. The largest absolute Gasteiger partial charge is 0.325 e. The van der Waals surface area contributed by atoms with Crippen molar-refractivity contribution >= 4 is 39.1 Å². The predicted octanol–water partition coefficient (Wildman–Crippen LogP) is 5.11. The molecule has 0 aromatic heterocycles. The molecule has 0 radical (unpaired) electrons. The third kappa shape index (κ3) is 4.62. The Hall–Kier alpha value is -0.540. The van der Waals surface area contributed by atoms with Gasteiger partial charge in [0.25, 0.3) is 0 Å². The molecule has 0 aliphatic carbocycles. The summed E-state index contributed by atoms with van der Waals surface area (Å²) in [5.74, 6) is 0.329. The zero-order valence-corrected chi connectivity index (χ0v) is 13.5. The van der Waals surface area contributed by atoms with E-state index in [2.05, 4.69) is 48.9 Å². The highest BCUT2D eigenvalue weighted by atomic mass is 79.9. The Morgan fingerprint density at radius 1 is 1.44 bits per heavy atom. The first-order chi connectivity index (χ1) is 8.20. The average molecular weight is 333 g/mol.